The summed E-state index contributed by atoms with van der Waals surface area (Å²) in [5, 5.41) is 3.47. The van der Waals surface area contributed by atoms with Crippen LogP contribution in [0.2, 0.25) is 0 Å². The van der Waals surface area contributed by atoms with E-state index in [1.165, 1.54) is 6.42 Å². The third-order valence-corrected chi connectivity index (χ3v) is 5.54. The van der Waals surface area contributed by atoms with E-state index >= 15 is 0 Å². The van der Waals surface area contributed by atoms with Crippen molar-refractivity contribution in [2.24, 2.45) is 5.41 Å². The molecule has 2 aliphatic rings. The highest BCUT2D eigenvalue weighted by molar-refractivity contribution is 5.95. The Kier molecular flexibility index (Phi) is 7.04. The van der Waals surface area contributed by atoms with Gasteiger partial charge in [0.2, 0.25) is 0 Å². The molecule has 1 aromatic carbocycles. The lowest BCUT2D eigenvalue weighted by Crippen LogP contribution is -2.44. The molecule has 2 aromatic rings. The Bertz CT molecular complexity index is 723. The molecule has 6 heteroatoms. The summed E-state index contributed by atoms with van der Waals surface area (Å²) in [6.07, 6.45) is 6.98. The molecule has 1 aromatic heterocycles. The van der Waals surface area contributed by atoms with Gasteiger partial charge in [-0.1, -0.05) is 30.3 Å². The number of hydrogen-bond acceptors (Lipinski definition) is 3. The van der Waals surface area contributed by atoms with Crippen LogP contribution in [0.5, 0.6) is 0 Å². The van der Waals surface area contributed by atoms with E-state index in [0.717, 1.165) is 50.1 Å². The van der Waals surface area contributed by atoms with Crippen molar-refractivity contribution in [3.8, 4) is 11.1 Å². The van der Waals surface area contributed by atoms with Gasteiger partial charge in [-0.2, -0.15) is 0 Å². The van der Waals surface area contributed by atoms with Crippen LogP contribution in [-0.4, -0.2) is 42.0 Å². The Labute approximate surface area is 167 Å². The maximum atomic E-state index is 12.9. The first kappa shape index (κ1) is 20.7. The fourth-order valence-electron chi connectivity index (χ4n) is 3.93. The number of aromatic nitrogens is 1. The second-order valence-electron chi connectivity index (χ2n) is 7.05. The van der Waals surface area contributed by atoms with Crippen molar-refractivity contribution >= 4 is 30.7 Å². The summed E-state index contributed by atoms with van der Waals surface area (Å²) in [5.74, 6) is 0.112. The lowest BCUT2D eigenvalue weighted by atomic mass is 9.78. The van der Waals surface area contributed by atoms with Crippen LogP contribution in [0.1, 0.15) is 29.6 Å². The average Bonchev–Trinajstić information content (AvgIpc) is 3.11. The largest absolute Gasteiger partial charge is 0.339 e. The summed E-state index contributed by atoms with van der Waals surface area (Å²) in [6.45, 7) is 3.95. The van der Waals surface area contributed by atoms with Crippen molar-refractivity contribution in [3.05, 3.63) is 54.4 Å². The van der Waals surface area contributed by atoms with E-state index in [1.807, 2.05) is 47.5 Å². The fourth-order valence-corrected chi connectivity index (χ4v) is 3.93. The number of piperidine rings is 1. The number of hydrogen-bond donors (Lipinski definition) is 1. The molecule has 0 bridgehead atoms. The Hall–Kier alpha value is -1.62. The van der Waals surface area contributed by atoms with Gasteiger partial charge in [0, 0.05) is 37.6 Å². The van der Waals surface area contributed by atoms with E-state index in [1.54, 1.807) is 6.20 Å². The van der Waals surface area contributed by atoms with Gasteiger partial charge in [0.15, 0.2) is 0 Å². The van der Waals surface area contributed by atoms with Gasteiger partial charge in [-0.05, 0) is 42.9 Å². The number of carbonyl (C=O) groups is 1. The zero-order chi connectivity index (χ0) is 16.4. The molecule has 0 radical (unpaired) electrons. The van der Waals surface area contributed by atoms with Crippen LogP contribution in [-0.2, 0) is 0 Å². The average molecular weight is 394 g/mol. The summed E-state index contributed by atoms with van der Waals surface area (Å²) in [4.78, 5) is 19.1. The van der Waals surface area contributed by atoms with Crippen LogP contribution >= 0.6 is 24.8 Å². The quantitative estimate of drug-likeness (QED) is 0.843. The molecule has 1 amide bonds. The minimum atomic E-state index is 0. The number of rotatable bonds is 2. The highest BCUT2D eigenvalue weighted by Crippen LogP contribution is 2.37. The molecular formula is C20H25Cl2N3O. The van der Waals surface area contributed by atoms with Crippen molar-refractivity contribution in [3.63, 3.8) is 0 Å². The Morgan fingerprint density at radius 2 is 1.73 bits per heavy atom. The summed E-state index contributed by atoms with van der Waals surface area (Å²) < 4.78 is 0. The molecule has 2 aliphatic heterocycles. The molecule has 0 unspecified atom stereocenters. The van der Waals surface area contributed by atoms with E-state index in [2.05, 4.69) is 10.3 Å². The molecule has 4 nitrogen and oxygen atoms in total. The third-order valence-electron chi connectivity index (χ3n) is 5.54. The zero-order valence-electron chi connectivity index (χ0n) is 14.7. The van der Waals surface area contributed by atoms with Crippen LogP contribution in [0, 0.1) is 5.41 Å². The molecule has 0 atom stereocenters. The zero-order valence-corrected chi connectivity index (χ0v) is 16.3. The monoisotopic (exact) mass is 393 g/mol. The molecule has 2 saturated heterocycles. The summed E-state index contributed by atoms with van der Waals surface area (Å²) in [5.41, 5.74) is 3.21. The number of nitrogens with one attached hydrogen (secondary N) is 1. The SMILES string of the molecule is Cl.Cl.O=C(c1cncc(-c2ccccc2)c1)N1CCC2(CCNC2)CC1. The number of nitrogens with zero attached hydrogens (tertiary/aromatic N) is 2. The van der Waals surface area contributed by atoms with Gasteiger partial charge < -0.3 is 10.2 Å². The molecule has 26 heavy (non-hydrogen) atoms. The van der Waals surface area contributed by atoms with Crippen molar-refractivity contribution in [2.75, 3.05) is 26.2 Å². The van der Waals surface area contributed by atoms with Crippen LogP contribution in [0.15, 0.2) is 48.8 Å². The van der Waals surface area contributed by atoms with Gasteiger partial charge in [-0.15, -0.1) is 24.8 Å². The molecular weight excluding hydrogens is 369 g/mol. The lowest BCUT2D eigenvalue weighted by molar-refractivity contribution is 0.0607. The molecule has 1 N–H and O–H groups in total. The number of benzene rings is 1. The van der Waals surface area contributed by atoms with Crippen LogP contribution in [0.3, 0.4) is 0 Å². The van der Waals surface area contributed by atoms with Gasteiger partial charge in [-0.3, -0.25) is 9.78 Å². The predicted octanol–water partition coefficient (Wildman–Crippen LogP) is 3.81. The summed E-state index contributed by atoms with van der Waals surface area (Å²) >= 11 is 0. The molecule has 3 heterocycles. The van der Waals surface area contributed by atoms with E-state index in [9.17, 15) is 4.79 Å². The molecule has 4 rings (SSSR count). The standard InChI is InChI=1S/C20H23N3O.2ClH/c24-19(23-10-7-20(8-11-23)6-9-21-15-20)18-12-17(13-22-14-18)16-4-2-1-3-5-16;;/h1-5,12-14,21H,6-11,15H2;2*1H. The minimum Gasteiger partial charge on any atom is -0.339 e. The first-order valence-corrected chi connectivity index (χ1v) is 8.76. The maximum absolute atomic E-state index is 12.9. The minimum absolute atomic E-state index is 0. The second kappa shape index (κ2) is 8.85. The van der Waals surface area contributed by atoms with Crippen LogP contribution < -0.4 is 5.32 Å². The van der Waals surface area contributed by atoms with Gasteiger partial charge >= 0.3 is 0 Å². The van der Waals surface area contributed by atoms with Crippen molar-refractivity contribution in [1.82, 2.24) is 15.2 Å². The van der Waals surface area contributed by atoms with Crippen molar-refractivity contribution in [1.29, 1.82) is 0 Å². The predicted molar refractivity (Wildman–Crippen MR) is 109 cm³/mol. The van der Waals surface area contributed by atoms with Crippen molar-refractivity contribution < 1.29 is 4.79 Å². The number of amides is 1. The normalized spacial score (nSPS) is 18.1. The highest BCUT2D eigenvalue weighted by atomic mass is 35.5. The van der Waals surface area contributed by atoms with E-state index in [4.69, 9.17) is 0 Å². The van der Waals surface area contributed by atoms with E-state index in [-0.39, 0.29) is 30.7 Å². The number of pyridine rings is 1. The van der Waals surface area contributed by atoms with Gasteiger partial charge in [-0.25, -0.2) is 0 Å². The molecule has 140 valence electrons. The Morgan fingerprint density at radius 1 is 1.00 bits per heavy atom. The number of likely N-dealkylation sites (tertiary alicyclic amines) is 1. The highest BCUT2D eigenvalue weighted by Gasteiger charge is 2.38. The fraction of sp³-hybridized carbons (Fsp3) is 0.400. The summed E-state index contributed by atoms with van der Waals surface area (Å²) in [7, 11) is 0. The first-order chi connectivity index (χ1) is 11.8. The van der Waals surface area contributed by atoms with E-state index in [0.29, 0.717) is 11.0 Å². The van der Waals surface area contributed by atoms with Crippen molar-refractivity contribution in [2.45, 2.75) is 19.3 Å². The van der Waals surface area contributed by atoms with Crippen LogP contribution in [0.25, 0.3) is 11.1 Å². The summed E-state index contributed by atoms with van der Waals surface area (Å²) in [6, 6.07) is 12.1. The smallest absolute Gasteiger partial charge is 0.255 e. The van der Waals surface area contributed by atoms with Gasteiger partial charge in [0.05, 0.1) is 5.56 Å². The molecule has 2 fully saturated rings. The Balaban J connectivity index is 0.00000121. The first-order valence-electron chi connectivity index (χ1n) is 8.76. The number of carbonyl (C=O) groups excluding carboxylic acids is 1. The van der Waals surface area contributed by atoms with Crippen LogP contribution in [0.4, 0.5) is 0 Å². The van der Waals surface area contributed by atoms with Gasteiger partial charge in [0.25, 0.3) is 5.91 Å². The molecule has 0 aliphatic carbocycles. The van der Waals surface area contributed by atoms with Gasteiger partial charge in [0.1, 0.15) is 0 Å². The number of halogens is 2. The molecule has 1 spiro atoms. The second-order valence-corrected chi connectivity index (χ2v) is 7.05. The lowest BCUT2D eigenvalue weighted by Gasteiger charge is -2.38. The third kappa shape index (κ3) is 4.20. The molecule has 0 saturated carbocycles. The topological polar surface area (TPSA) is 45.2 Å². The Morgan fingerprint density at radius 3 is 2.38 bits per heavy atom. The maximum Gasteiger partial charge on any atom is 0.255 e. The van der Waals surface area contributed by atoms with E-state index < -0.39 is 0 Å².